The first-order valence-corrected chi connectivity index (χ1v) is 7.70. The molecule has 3 heterocycles. The van der Waals surface area contributed by atoms with E-state index in [1.165, 1.54) is 6.42 Å². The molecule has 2 saturated heterocycles. The minimum atomic E-state index is 0.0561. The summed E-state index contributed by atoms with van der Waals surface area (Å²) in [7, 11) is 0. The van der Waals surface area contributed by atoms with Crippen molar-refractivity contribution >= 4 is 5.91 Å². The molecule has 3 rings (SSSR count). The van der Waals surface area contributed by atoms with Gasteiger partial charge < -0.3 is 14.2 Å². The highest BCUT2D eigenvalue weighted by Gasteiger charge is 2.35. The number of carbonyl (C=O) groups excluding carboxylic acids is 1. The summed E-state index contributed by atoms with van der Waals surface area (Å²) in [6.45, 7) is 5.19. The maximum Gasteiger partial charge on any atom is 0.228 e. The van der Waals surface area contributed by atoms with E-state index >= 15 is 0 Å². The molecule has 1 amide bonds. The van der Waals surface area contributed by atoms with E-state index in [-0.39, 0.29) is 17.9 Å². The van der Waals surface area contributed by atoms with Gasteiger partial charge in [-0.05, 0) is 32.6 Å². The summed E-state index contributed by atoms with van der Waals surface area (Å²) in [6.07, 6.45) is 8.01. The van der Waals surface area contributed by atoms with E-state index in [1.54, 1.807) is 0 Å². The van der Waals surface area contributed by atoms with E-state index in [0.29, 0.717) is 6.61 Å². The number of imidazole rings is 1. The Morgan fingerprint density at radius 3 is 3.10 bits per heavy atom. The minimum Gasteiger partial charge on any atom is -0.381 e. The SMILES string of the molecule is CCn1ccnc1C1CCCCN1C(=O)C1CCOC1. The Labute approximate surface area is 119 Å². The van der Waals surface area contributed by atoms with Crippen molar-refractivity contribution in [3.8, 4) is 0 Å². The standard InChI is InChI=1S/C15H23N3O2/c1-2-17-9-7-16-14(17)13-5-3-4-8-18(13)15(19)12-6-10-20-11-12/h7,9,12-13H,2-6,8,10-11H2,1H3. The fraction of sp³-hybridized carbons (Fsp3) is 0.733. The summed E-state index contributed by atoms with van der Waals surface area (Å²) in [6, 6.07) is 0.145. The van der Waals surface area contributed by atoms with Crippen LogP contribution in [0.2, 0.25) is 0 Å². The molecule has 1 aromatic rings. The van der Waals surface area contributed by atoms with E-state index in [1.807, 2.05) is 12.4 Å². The summed E-state index contributed by atoms with van der Waals surface area (Å²) in [5.41, 5.74) is 0. The second-order valence-corrected chi connectivity index (χ2v) is 5.68. The zero-order chi connectivity index (χ0) is 13.9. The van der Waals surface area contributed by atoms with Crippen LogP contribution >= 0.6 is 0 Å². The molecule has 0 radical (unpaired) electrons. The zero-order valence-electron chi connectivity index (χ0n) is 12.1. The first-order valence-electron chi connectivity index (χ1n) is 7.70. The molecular formula is C15H23N3O2. The third-order valence-corrected chi connectivity index (χ3v) is 4.45. The molecule has 5 nitrogen and oxygen atoms in total. The largest absolute Gasteiger partial charge is 0.381 e. The number of ether oxygens (including phenoxy) is 1. The van der Waals surface area contributed by atoms with Crippen molar-refractivity contribution < 1.29 is 9.53 Å². The van der Waals surface area contributed by atoms with Crippen molar-refractivity contribution in [3.05, 3.63) is 18.2 Å². The molecule has 2 fully saturated rings. The fourth-order valence-electron chi connectivity index (χ4n) is 3.31. The molecule has 0 saturated carbocycles. The van der Waals surface area contributed by atoms with Gasteiger partial charge in [0.25, 0.3) is 0 Å². The van der Waals surface area contributed by atoms with Gasteiger partial charge >= 0.3 is 0 Å². The normalized spacial score (nSPS) is 26.9. The van der Waals surface area contributed by atoms with E-state index in [9.17, 15) is 4.79 Å². The fourth-order valence-corrected chi connectivity index (χ4v) is 3.31. The Kier molecular flexibility index (Phi) is 4.05. The van der Waals surface area contributed by atoms with Gasteiger partial charge in [0.15, 0.2) is 0 Å². The molecule has 5 heteroatoms. The molecule has 1 aromatic heterocycles. The molecule has 0 bridgehead atoms. The predicted octanol–water partition coefficient (Wildman–Crippen LogP) is 1.99. The Morgan fingerprint density at radius 2 is 2.35 bits per heavy atom. The van der Waals surface area contributed by atoms with Crippen LogP contribution in [0.1, 0.15) is 44.5 Å². The third kappa shape index (κ3) is 2.46. The van der Waals surface area contributed by atoms with E-state index in [0.717, 1.165) is 44.8 Å². The smallest absolute Gasteiger partial charge is 0.228 e. The topological polar surface area (TPSA) is 47.4 Å². The molecule has 0 aromatic carbocycles. The number of nitrogens with zero attached hydrogens (tertiary/aromatic N) is 3. The van der Waals surface area contributed by atoms with Gasteiger partial charge in [0.1, 0.15) is 5.82 Å². The van der Waals surface area contributed by atoms with Crippen molar-refractivity contribution in [1.29, 1.82) is 0 Å². The maximum absolute atomic E-state index is 12.7. The molecule has 2 atom stereocenters. The summed E-state index contributed by atoms with van der Waals surface area (Å²) in [4.78, 5) is 19.3. The molecular weight excluding hydrogens is 254 g/mol. The Hall–Kier alpha value is -1.36. The highest BCUT2D eigenvalue weighted by Crippen LogP contribution is 2.32. The van der Waals surface area contributed by atoms with Crippen LogP contribution in [0, 0.1) is 5.92 Å². The number of carbonyl (C=O) groups is 1. The van der Waals surface area contributed by atoms with Gasteiger partial charge in [-0.2, -0.15) is 0 Å². The molecule has 2 unspecified atom stereocenters. The molecule has 110 valence electrons. The van der Waals surface area contributed by atoms with Gasteiger partial charge in [0.05, 0.1) is 18.6 Å². The average Bonchev–Trinajstić information content (AvgIpc) is 3.17. The maximum atomic E-state index is 12.7. The molecule has 2 aliphatic rings. The summed E-state index contributed by atoms with van der Waals surface area (Å²) in [5, 5.41) is 0. The van der Waals surface area contributed by atoms with Crippen molar-refractivity contribution in [2.24, 2.45) is 5.92 Å². The zero-order valence-corrected chi connectivity index (χ0v) is 12.1. The lowest BCUT2D eigenvalue weighted by Crippen LogP contribution is -2.43. The van der Waals surface area contributed by atoms with Crippen molar-refractivity contribution in [2.75, 3.05) is 19.8 Å². The minimum absolute atomic E-state index is 0.0561. The first-order chi connectivity index (χ1) is 9.81. The van der Waals surface area contributed by atoms with E-state index in [2.05, 4.69) is 21.4 Å². The molecule has 0 aliphatic carbocycles. The molecule has 2 aliphatic heterocycles. The number of amides is 1. The lowest BCUT2D eigenvalue weighted by atomic mass is 9.98. The van der Waals surface area contributed by atoms with Crippen molar-refractivity contribution in [3.63, 3.8) is 0 Å². The van der Waals surface area contributed by atoms with Crippen LogP contribution in [0.5, 0.6) is 0 Å². The summed E-state index contributed by atoms with van der Waals surface area (Å²) < 4.78 is 7.53. The van der Waals surface area contributed by atoms with E-state index < -0.39 is 0 Å². The van der Waals surface area contributed by atoms with Gasteiger partial charge in [0, 0.05) is 32.1 Å². The van der Waals surface area contributed by atoms with Crippen LogP contribution in [0.3, 0.4) is 0 Å². The van der Waals surface area contributed by atoms with Gasteiger partial charge in [-0.25, -0.2) is 4.98 Å². The van der Waals surface area contributed by atoms with Crippen LogP contribution in [-0.2, 0) is 16.1 Å². The van der Waals surface area contributed by atoms with E-state index in [4.69, 9.17) is 4.74 Å². The van der Waals surface area contributed by atoms with Crippen LogP contribution < -0.4 is 0 Å². The first kappa shape index (κ1) is 13.6. The molecule has 20 heavy (non-hydrogen) atoms. The number of aryl methyl sites for hydroxylation is 1. The Bertz CT molecular complexity index is 465. The van der Waals surface area contributed by atoms with Gasteiger partial charge in [-0.3, -0.25) is 4.79 Å². The summed E-state index contributed by atoms with van der Waals surface area (Å²) >= 11 is 0. The monoisotopic (exact) mass is 277 g/mol. The number of piperidine rings is 1. The molecule has 0 N–H and O–H groups in total. The van der Waals surface area contributed by atoms with Crippen LogP contribution in [0.4, 0.5) is 0 Å². The highest BCUT2D eigenvalue weighted by molar-refractivity contribution is 5.79. The average molecular weight is 277 g/mol. The second-order valence-electron chi connectivity index (χ2n) is 5.68. The van der Waals surface area contributed by atoms with Crippen LogP contribution in [0.25, 0.3) is 0 Å². The van der Waals surface area contributed by atoms with Crippen molar-refractivity contribution in [2.45, 2.75) is 45.2 Å². The summed E-state index contributed by atoms with van der Waals surface area (Å²) in [5.74, 6) is 1.36. The molecule has 0 spiro atoms. The lowest BCUT2D eigenvalue weighted by Gasteiger charge is -2.36. The van der Waals surface area contributed by atoms with Gasteiger partial charge in [0.2, 0.25) is 5.91 Å². The van der Waals surface area contributed by atoms with Gasteiger partial charge in [-0.1, -0.05) is 0 Å². The predicted molar refractivity (Wildman–Crippen MR) is 75.1 cm³/mol. The number of rotatable bonds is 3. The lowest BCUT2D eigenvalue weighted by molar-refractivity contribution is -0.139. The van der Waals surface area contributed by atoms with Crippen LogP contribution in [-0.4, -0.2) is 40.1 Å². The third-order valence-electron chi connectivity index (χ3n) is 4.45. The second kappa shape index (κ2) is 5.95. The number of hydrogen-bond acceptors (Lipinski definition) is 3. The highest BCUT2D eigenvalue weighted by atomic mass is 16.5. The Balaban J connectivity index is 1.81. The quantitative estimate of drug-likeness (QED) is 0.849. The number of hydrogen-bond donors (Lipinski definition) is 0. The van der Waals surface area contributed by atoms with Gasteiger partial charge in [-0.15, -0.1) is 0 Å². The number of likely N-dealkylation sites (tertiary alicyclic amines) is 1. The van der Waals surface area contributed by atoms with Crippen molar-refractivity contribution in [1.82, 2.24) is 14.5 Å². The van der Waals surface area contributed by atoms with Crippen LogP contribution in [0.15, 0.2) is 12.4 Å². The number of aromatic nitrogens is 2. The Morgan fingerprint density at radius 1 is 1.45 bits per heavy atom.